The van der Waals surface area contributed by atoms with E-state index >= 15 is 0 Å². The van der Waals surface area contributed by atoms with Crippen molar-refractivity contribution in [2.45, 2.75) is 50.9 Å². The highest BCUT2D eigenvalue weighted by molar-refractivity contribution is 5.95. The predicted octanol–water partition coefficient (Wildman–Crippen LogP) is 2.33. The zero-order valence-corrected chi connectivity index (χ0v) is 15.1. The van der Waals surface area contributed by atoms with Gasteiger partial charge >= 0.3 is 5.97 Å². The Bertz CT molecular complexity index is 670. The number of hydrogen-bond acceptors (Lipinski definition) is 5. The molecule has 1 aliphatic carbocycles. The van der Waals surface area contributed by atoms with Crippen LogP contribution in [-0.2, 0) is 9.53 Å². The maximum absolute atomic E-state index is 12.8. The number of carbonyl (C=O) groups is 2. The Labute approximate surface area is 152 Å². The summed E-state index contributed by atoms with van der Waals surface area (Å²) in [5, 5.41) is 9.18. The quantitative estimate of drug-likeness (QED) is 0.864. The molecule has 3 rings (SSSR count). The minimum absolute atomic E-state index is 0.0289. The number of aliphatic carboxylic acids is 1. The maximum Gasteiger partial charge on any atom is 0.334 e. The molecule has 1 saturated carbocycles. The number of methoxy groups -OCH3 is 1. The third-order valence-electron chi connectivity index (χ3n) is 4.83. The summed E-state index contributed by atoms with van der Waals surface area (Å²) in [7, 11) is 1.54. The number of carbonyl (C=O) groups excluding carboxylic acids is 1. The topological polar surface area (TPSA) is 85.3 Å². The fourth-order valence-electron chi connectivity index (χ4n) is 3.52. The van der Waals surface area contributed by atoms with Gasteiger partial charge in [-0.15, -0.1) is 0 Å². The molecule has 1 N–H and O–H groups in total. The number of ether oxygens (including phenoxy) is 3. The Morgan fingerprint density at radius 3 is 2.58 bits per heavy atom. The molecule has 1 saturated heterocycles. The van der Waals surface area contributed by atoms with E-state index in [0.717, 1.165) is 12.8 Å². The number of morpholine rings is 1. The average Bonchev–Trinajstić information content (AvgIpc) is 3.14. The van der Waals surface area contributed by atoms with Crippen LogP contribution in [0.5, 0.6) is 11.5 Å². The molecule has 1 unspecified atom stereocenters. The lowest BCUT2D eigenvalue weighted by Crippen LogP contribution is -2.51. The van der Waals surface area contributed by atoms with E-state index in [1.54, 1.807) is 32.2 Å². The normalized spacial score (nSPS) is 23.7. The van der Waals surface area contributed by atoms with Gasteiger partial charge in [-0.05, 0) is 50.8 Å². The number of carboxylic acids is 1. The van der Waals surface area contributed by atoms with Crippen molar-refractivity contribution in [3.05, 3.63) is 23.8 Å². The summed E-state index contributed by atoms with van der Waals surface area (Å²) in [6, 6.07) is 5.11. The smallest absolute Gasteiger partial charge is 0.334 e. The van der Waals surface area contributed by atoms with Crippen molar-refractivity contribution in [1.29, 1.82) is 0 Å². The molecule has 1 amide bonds. The van der Waals surface area contributed by atoms with Crippen LogP contribution in [0.2, 0.25) is 0 Å². The van der Waals surface area contributed by atoms with Gasteiger partial charge in [0.1, 0.15) is 0 Å². The van der Waals surface area contributed by atoms with Crippen LogP contribution in [0.15, 0.2) is 18.2 Å². The molecule has 1 aromatic carbocycles. The van der Waals surface area contributed by atoms with E-state index in [9.17, 15) is 14.7 Å². The Morgan fingerprint density at radius 2 is 1.92 bits per heavy atom. The number of benzene rings is 1. The van der Waals surface area contributed by atoms with Gasteiger partial charge in [0.25, 0.3) is 5.91 Å². The van der Waals surface area contributed by atoms with Crippen LogP contribution >= 0.6 is 0 Å². The van der Waals surface area contributed by atoms with Crippen LogP contribution in [0, 0.1) is 0 Å². The van der Waals surface area contributed by atoms with Crippen LogP contribution in [0.3, 0.4) is 0 Å². The fourth-order valence-corrected chi connectivity index (χ4v) is 3.52. The van der Waals surface area contributed by atoms with Crippen LogP contribution in [-0.4, -0.2) is 60.4 Å². The van der Waals surface area contributed by atoms with Crippen molar-refractivity contribution in [2.75, 3.05) is 20.2 Å². The molecular weight excluding hydrogens is 338 g/mol. The standard InChI is InChI=1S/C19H25NO6/c1-12-10-20(11-17(25-12)19(22)23)18(21)13-7-8-15(16(9-13)24-2)26-14-5-3-4-6-14/h7-9,12,14,17H,3-6,10-11H2,1-2H3,(H,22,23)/t12-,17?/m1/s1. The average molecular weight is 363 g/mol. The maximum atomic E-state index is 12.8. The summed E-state index contributed by atoms with van der Waals surface area (Å²) in [4.78, 5) is 25.5. The SMILES string of the molecule is COc1cc(C(=O)N2CC(C(=O)O)O[C@H](C)C2)ccc1OC1CCCC1. The second kappa shape index (κ2) is 7.95. The molecule has 0 aromatic heterocycles. The van der Waals surface area contributed by atoms with E-state index < -0.39 is 12.1 Å². The summed E-state index contributed by atoms with van der Waals surface area (Å²) >= 11 is 0. The minimum atomic E-state index is -1.06. The monoisotopic (exact) mass is 363 g/mol. The lowest BCUT2D eigenvalue weighted by molar-refractivity contribution is -0.160. The van der Waals surface area contributed by atoms with E-state index in [1.165, 1.54) is 17.7 Å². The van der Waals surface area contributed by atoms with Gasteiger partial charge in [-0.1, -0.05) is 0 Å². The predicted molar refractivity (Wildman–Crippen MR) is 93.8 cm³/mol. The lowest BCUT2D eigenvalue weighted by Gasteiger charge is -2.35. The van der Waals surface area contributed by atoms with Crippen LogP contribution in [0.4, 0.5) is 0 Å². The van der Waals surface area contributed by atoms with Gasteiger partial charge in [0.15, 0.2) is 17.6 Å². The third-order valence-corrected chi connectivity index (χ3v) is 4.83. The lowest BCUT2D eigenvalue weighted by atomic mass is 10.1. The van der Waals surface area contributed by atoms with Gasteiger partial charge in [-0.3, -0.25) is 4.79 Å². The van der Waals surface area contributed by atoms with Crippen LogP contribution in [0.25, 0.3) is 0 Å². The molecule has 2 atom stereocenters. The molecule has 2 fully saturated rings. The van der Waals surface area contributed by atoms with Gasteiger partial charge in [-0.25, -0.2) is 4.79 Å². The van der Waals surface area contributed by atoms with E-state index in [2.05, 4.69) is 0 Å². The van der Waals surface area contributed by atoms with Crippen molar-refractivity contribution >= 4 is 11.9 Å². The minimum Gasteiger partial charge on any atom is -0.493 e. The van der Waals surface area contributed by atoms with Gasteiger partial charge in [0, 0.05) is 12.1 Å². The molecule has 26 heavy (non-hydrogen) atoms. The summed E-state index contributed by atoms with van der Waals surface area (Å²) in [6.07, 6.45) is 3.27. The Balaban J connectivity index is 1.75. The van der Waals surface area contributed by atoms with Crippen LogP contribution in [0.1, 0.15) is 43.0 Å². The molecule has 7 heteroatoms. The van der Waals surface area contributed by atoms with E-state index in [4.69, 9.17) is 14.2 Å². The zero-order valence-electron chi connectivity index (χ0n) is 15.1. The largest absolute Gasteiger partial charge is 0.493 e. The van der Waals surface area contributed by atoms with E-state index in [1.807, 2.05) is 0 Å². The summed E-state index contributed by atoms with van der Waals surface area (Å²) in [6.45, 7) is 2.14. The first kappa shape index (κ1) is 18.5. The number of amides is 1. The molecule has 0 bridgehead atoms. The van der Waals surface area contributed by atoms with Crippen LogP contribution < -0.4 is 9.47 Å². The highest BCUT2D eigenvalue weighted by Gasteiger charge is 2.33. The molecule has 7 nitrogen and oxygen atoms in total. The first-order valence-electron chi connectivity index (χ1n) is 9.00. The van der Waals surface area contributed by atoms with Crippen molar-refractivity contribution < 1.29 is 28.9 Å². The zero-order chi connectivity index (χ0) is 18.7. The van der Waals surface area contributed by atoms with E-state index in [0.29, 0.717) is 23.6 Å². The Hall–Kier alpha value is -2.28. The summed E-state index contributed by atoms with van der Waals surface area (Å²) in [5.74, 6) is -0.155. The molecule has 1 heterocycles. The molecule has 2 aliphatic rings. The summed E-state index contributed by atoms with van der Waals surface area (Å²) < 4.78 is 16.8. The van der Waals surface area contributed by atoms with Gasteiger partial charge < -0.3 is 24.2 Å². The second-order valence-electron chi connectivity index (χ2n) is 6.87. The molecule has 0 radical (unpaired) electrons. The number of rotatable bonds is 5. The van der Waals surface area contributed by atoms with Crippen molar-refractivity contribution in [3.63, 3.8) is 0 Å². The second-order valence-corrected chi connectivity index (χ2v) is 6.87. The van der Waals surface area contributed by atoms with Gasteiger partial charge in [0.05, 0.1) is 25.9 Å². The molecule has 0 spiro atoms. The van der Waals surface area contributed by atoms with Crippen molar-refractivity contribution in [1.82, 2.24) is 4.90 Å². The number of carboxylic acid groups (broad SMARTS) is 1. The van der Waals surface area contributed by atoms with Gasteiger partial charge in [-0.2, -0.15) is 0 Å². The molecule has 1 aliphatic heterocycles. The summed E-state index contributed by atoms with van der Waals surface area (Å²) in [5.41, 5.74) is 0.443. The molecule has 142 valence electrons. The Morgan fingerprint density at radius 1 is 1.19 bits per heavy atom. The highest BCUT2D eigenvalue weighted by atomic mass is 16.5. The van der Waals surface area contributed by atoms with Crippen molar-refractivity contribution in [2.24, 2.45) is 0 Å². The first-order chi connectivity index (χ1) is 12.5. The third kappa shape index (κ3) is 4.09. The molecule has 1 aromatic rings. The fraction of sp³-hybridized carbons (Fsp3) is 0.579. The molecular formula is C19H25NO6. The Kier molecular flexibility index (Phi) is 5.66. The van der Waals surface area contributed by atoms with Crippen molar-refractivity contribution in [3.8, 4) is 11.5 Å². The number of nitrogens with zero attached hydrogens (tertiary/aromatic N) is 1. The van der Waals surface area contributed by atoms with E-state index in [-0.39, 0.29) is 24.7 Å². The highest BCUT2D eigenvalue weighted by Crippen LogP contribution is 2.32. The first-order valence-corrected chi connectivity index (χ1v) is 9.00. The number of hydrogen-bond donors (Lipinski definition) is 1. The van der Waals surface area contributed by atoms with Gasteiger partial charge in [0.2, 0.25) is 0 Å².